The van der Waals surface area contributed by atoms with Gasteiger partial charge in [-0.2, -0.15) is 0 Å². The highest BCUT2D eigenvalue weighted by atomic mass is 16.6. The molecule has 31 heavy (non-hydrogen) atoms. The number of nitro groups is 1. The van der Waals surface area contributed by atoms with Crippen molar-refractivity contribution in [2.24, 2.45) is 0 Å². The fourth-order valence-electron chi connectivity index (χ4n) is 3.57. The molecule has 0 aliphatic carbocycles. The fourth-order valence-corrected chi connectivity index (χ4v) is 3.57. The molecule has 1 aliphatic heterocycles. The maximum absolute atomic E-state index is 13.1. The Hall–Kier alpha value is -3.94. The third-order valence-electron chi connectivity index (χ3n) is 5.04. The average Bonchev–Trinajstić information content (AvgIpc) is 2.77. The summed E-state index contributed by atoms with van der Waals surface area (Å²) in [7, 11) is 1.26. The largest absolute Gasteiger partial charge is 0.466 e. The summed E-state index contributed by atoms with van der Waals surface area (Å²) in [4.78, 5) is 36.2. The van der Waals surface area contributed by atoms with Gasteiger partial charge >= 0.3 is 11.9 Å². The predicted octanol–water partition coefficient (Wildman–Crippen LogP) is 3.75. The Kier molecular flexibility index (Phi) is 6.49. The smallest absolute Gasteiger partial charge is 0.337 e. The number of ether oxygens (including phenoxy) is 2. The summed E-state index contributed by atoms with van der Waals surface area (Å²) in [5.74, 6) is -1.99. The first kappa shape index (κ1) is 21.8. The van der Waals surface area contributed by atoms with Crippen LogP contribution in [0.2, 0.25) is 0 Å². The van der Waals surface area contributed by atoms with Crippen LogP contribution in [-0.4, -0.2) is 24.0 Å². The maximum atomic E-state index is 13.1. The molecule has 0 bridgehead atoms. The second-order valence-corrected chi connectivity index (χ2v) is 7.04. The Balaban J connectivity index is 2.01. The first-order valence-corrected chi connectivity index (χ1v) is 9.55. The average molecular weight is 422 g/mol. The number of nitrogens with zero attached hydrogens (tertiary/aromatic N) is 1. The number of nitro benzene ring substituents is 1. The zero-order valence-electron chi connectivity index (χ0n) is 17.4. The second-order valence-electron chi connectivity index (χ2n) is 7.04. The van der Waals surface area contributed by atoms with E-state index in [0.29, 0.717) is 17.0 Å². The van der Waals surface area contributed by atoms with Crippen molar-refractivity contribution in [3.8, 4) is 0 Å². The zero-order chi connectivity index (χ0) is 22.5. The van der Waals surface area contributed by atoms with E-state index in [9.17, 15) is 19.7 Å². The third kappa shape index (κ3) is 4.63. The van der Waals surface area contributed by atoms with Crippen LogP contribution in [-0.2, 0) is 25.7 Å². The van der Waals surface area contributed by atoms with Crippen LogP contribution in [0.4, 0.5) is 5.69 Å². The number of benzene rings is 2. The quantitative estimate of drug-likeness (QED) is 0.429. The Morgan fingerprint density at radius 3 is 2.10 bits per heavy atom. The summed E-state index contributed by atoms with van der Waals surface area (Å²) in [5.41, 5.74) is 2.83. The number of hydrogen-bond donors (Lipinski definition) is 1. The SMILES string of the molecule is COC(=O)C1=C(C)NC(C)=C(C(=O)OCc2ccccc2)[C@@H]1c1ccc([N+](=O)[O-])cc1. The lowest BCUT2D eigenvalue weighted by molar-refractivity contribution is -0.384. The number of dihydropyridines is 1. The molecule has 2 aromatic carbocycles. The van der Waals surface area contributed by atoms with Crippen molar-refractivity contribution in [1.29, 1.82) is 0 Å². The Morgan fingerprint density at radius 1 is 0.968 bits per heavy atom. The molecule has 2 aromatic rings. The van der Waals surface area contributed by atoms with Crippen molar-refractivity contribution in [3.05, 3.63) is 98.4 Å². The molecule has 0 amide bonds. The van der Waals surface area contributed by atoms with Crippen LogP contribution in [0.1, 0.15) is 30.9 Å². The lowest BCUT2D eigenvalue weighted by Crippen LogP contribution is -2.32. The van der Waals surface area contributed by atoms with Crippen molar-refractivity contribution >= 4 is 17.6 Å². The molecule has 1 N–H and O–H groups in total. The highest BCUT2D eigenvalue weighted by Crippen LogP contribution is 2.39. The molecule has 0 aromatic heterocycles. The summed E-state index contributed by atoms with van der Waals surface area (Å²) in [6.07, 6.45) is 0. The van der Waals surface area contributed by atoms with Crippen LogP contribution in [0.5, 0.6) is 0 Å². The molecular formula is C23H22N2O6. The number of non-ortho nitro benzene ring substituents is 1. The topological polar surface area (TPSA) is 108 Å². The first-order chi connectivity index (χ1) is 14.8. The van der Waals surface area contributed by atoms with E-state index in [4.69, 9.17) is 9.47 Å². The van der Waals surface area contributed by atoms with Gasteiger partial charge in [-0.15, -0.1) is 0 Å². The molecule has 160 valence electrons. The van der Waals surface area contributed by atoms with Gasteiger partial charge in [0.25, 0.3) is 5.69 Å². The lowest BCUT2D eigenvalue weighted by atomic mass is 9.80. The summed E-state index contributed by atoms with van der Waals surface area (Å²) in [6, 6.07) is 15.0. The molecule has 1 aliphatic rings. The highest BCUT2D eigenvalue weighted by molar-refractivity contribution is 5.99. The van der Waals surface area contributed by atoms with Crippen molar-refractivity contribution in [1.82, 2.24) is 5.32 Å². The van der Waals surface area contributed by atoms with Crippen molar-refractivity contribution in [3.63, 3.8) is 0 Å². The van der Waals surface area contributed by atoms with Crippen molar-refractivity contribution < 1.29 is 24.0 Å². The van der Waals surface area contributed by atoms with E-state index < -0.39 is 22.8 Å². The van der Waals surface area contributed by atoms with Gasteiger partial charge in [0.1, 0.15) is 6.61 Å². The Labute approximate surface area is 179 Å². The van der Waals surface area contributed by atoms with E-state index in [1.807, 2.05) is 30.3 Å². The van der Waals surface area contributed by atoms with Gasteiger partial charge in [0.2, 0.25) is 0 Å². The number of hydrogen-bond acceptors (Lipinski definition) is 7. The Morgan fingerprint density at radius 2 is 1.55 bits per heavy atom. The number of carbonyl (C=O) groups is 2. The summed E-state index contributed by atoms with van der Waals surface area (Å²) >= 11 is 0. The summed E-state index contributed by atoms with van der Waals surface area (Å²) < 4.78 is 10.5. The third-order valence-corrected chi connectivity index (χ3v) is 5.04. The van der Waals surface area contributed by atoms with Gasteiger partial charge in [-0.25, -0.2) is 9.59 Å². The minimum absolute atomic E-state index is 0.0691. The number of rotatable bonds is 6. The van der Waals surface area contributed by atoms with Gasteiger partial charge in [0.15, 0.2) is 0 Å². The molecular weight excluding hydrogens is 400 g/mol. The maximum Gasteiger partial charge on any atom is 0.337 e. The van der Waals surface area contributed by atoms with E-state index in [0.717, 1.165) is 5.56 Å². The normalized spacial score (nSPS) is 15.9. The number of carbonyl (C=O) groups excluding carboxylic acids is 2. The number of methoxy groups -OCH3 is 1. The number of allylic oxidation sites excluding steroid dienone is 2. The molecule has 1 atom stereocenters. The van der Waals surface area contributed by atoms with Gasteiger partial charge in [-0.1, -0.05) is 42.5 Å². The van der Waals surface area contributed by atoms with Gasteiger partial charge in [0, 0.05) is 23.5 Å². The van der Waals surface area contributed by atoms with Crippen LogP contribution < -0.4 is 5.32 Å². The molecule has 0 saturated heterocycles. The van der Waals surface area contributed by atoms with Crippen LogP contribution in [0.25, 0.3) is 0 Å². The second kappa shape index (κ2) is 9.25. The van der Waals surface area contributed by atoms with Gasteiger partial charge in [-0.05, 0) is 25.0 Å². The zero-order valence-corrected chi connectivity index (χ0v) is 17.4. The van der Waals surface area contributed by atoms with Crippen LogP contribution in [0.15, 0.2) is 77.1 Å². The van der Waals surface area contributed by atoms with E-state index in [1.54, 1.807) is 13.8 Å². The molecule has 1 heterocycles. The predicted molar refractivity (Wildman–Crippen MR) is 113 cm³/mol. The number of esters is 2. The fraction of sp³-hybridized carbons (Fsp3) is 0.217. The lowest BCUT2D eigenvalue weighted by Gasteiger charge is -2.30. The van der Waals surface area contributed by atoms with Crippen molar-refractivity contribution in [2.45, 2.75) is 26.4 Å². The van der Waals surface area contributed by atoms with Gasteiger partial charge in [-0.3, -0.25) is 10.1 Å². The van der Waals surface area contributed by atoms with E-state index in [-0.39, 0.29) is 23.4 Å². The standard InChI is InChI=1S/C23H22N2O6/c1-14-19(22(26)30-3)21(17-9-11-18(12-10-17)25(28)29)20(15(2)24-14)23(27)31-13-16-7-5-4-6-8-16/h4-12,21,24H,13H2,1-3H3/t21-/m1/s1. The summed E-state index contributed by atoms with van der Waals surface area (Å²) in [6.45, 7) is 3.50. The molecule has 0 spiro atoms. The van der Waals surface area contributed by atoms with Gasteiger partial charge in [0.05, 0.1) is 29.1 Å². The Bertz CT molecular complexity index is 1070. The molecule has 8 nitrogen and oxygen atoms in total. The molecule has 8 heteroatoms. The molecule has 0 radical (unpaired) electrons. The molecule has 0 fully saturated rings. The van der Waals surface area contributed by atoms with E-state index in [2.05, 4.69) is 5.32 Å². The molecule has 3 rings (SSSR count). The van der Waals surface area contributed by atoms with Gasteiger partial charge < -0.3 is 14.8 Å². The highest BCUT2D eigenvalue weighted by Gasteiger charge is 2.38. The first-order valence-electron chi connectivity index (χ1n) is 9.55. The monoisotopic (exact) mass is 422 g/mol. The van der Waals surface area contributed by atoms with Crippen molar-refractivity contribution in [2.75, 3.05) is 7.11 Å². The van der Waals surface area contributed by atoms with Crippen LogP contribution in [0, 0.1) is 10.1 Å². The van der Waals surface area contributed by atoms with Crippen LogP contribution >= 0.6 is 0 Å². The minimum atomic E-state index is -0.794. The molecule has 0 unspecified atom stereocenters. The van der Waals surface area contributed by atoms with E-state index in [1.165, 1.54) is 31.4 Å². The summed E-state index contributed by atoms with van der Waals surface area (Å²) in [5, 5.41) is 14.1. The minimum Gasteiger partial charge on any atom is -0.466 e. The van der Waals surface area contributed by atoms with Crippen LogP contribution in [0.3, 0.4) is 0 Å². The van der Waals surface area contributed by atoms with E-state index >= 15 is 0 Å². The molecule has 0 saturated carbocycles. The number of nitrogens with one attached hydrogen (secondary N) is 1.